The number of hydrogen-bond acceptors (Lipinski definition) is 5. The quantitative estimate of drug-likeness (QED) is 0.766. The Morgan fingerprint density at radius 3 is 2.91 bits per heavy atom. The topological polar surface area (TPSA) is 72.7 Å². The molecule has 0 fully saturated rings. The smallest absolute Gasteiger partial charge is 0.295 e. The van der Waals surface area contributed by atoms with Gasteiger partial charge in [0.2, 0.25) is 5.82 Å². The summed E-state index contributed by atoms with van der Waals surface area (Å²) in [6.07, 6.45) is 1.84. The van der Waals surface area contributed by atoms with Crippen molar-refractivity contribution in [1.82, 2.24) is 19.7 Å². The Balaban J connectivity index is 1.67. The fraction of sp³-hybridized carbons (Fsp3) is 0.231. The summed E-state index contributed by atoms with van der Waals surface area (Å²) in [6, 6.07) is 3.39. The second kappa shape index (κ2) is 5.19. The highest BCUT2D eigenvalue weighted by molar-refractivity contribution is 7.23. The van der Waals surface area contributed by atoms with Gasteiger partial charge in [0.05, 0.1) is 14.7 Å². The van der Waals surface area contributed by atoms with Crippen molar-refractivity contribution in [3.05, 3.63) is 33.8 Å². The minimum atomic E-state index is -0.327. The third-order valence-electron chi connectivity index (χ3n) is 3.48. The number of hydrogen-bond donors (Lipinski definition) is 1. The molecule has 6 nitrogen and oxygen atoms in total. The van der Waals surface area contributed by atoms with E-state index in [-0.39, 0.29) is 5.91 Å². The molecule has 2 aromatic heterocycles. The lowest BCUT2D eigenvalue weighted by Gasteiger charge is -2.01. The molecule has 0 unspecified atom stereocenters. The van der Waals surface area contributed by atoms with Crippen molar-refractivity contribution in [2.75, 3.05) is 5.32 Å². The molecule has 0 bridgehead atoms. The Morgan fingerprint density at radius 1 is 1.27 bits per heavy atom. The van der Waals surface area contributed by atoms with Gasteiger partial charge >= 0.3 is 0 Å². The van der Waals surface area contributed by atoms with Gasteiger partial charge in [0.15, 0.2) is 5.13 Å². The number of anilines is 1. The molecule has 9 heteroatoms. The molecular weight excluding hydrogens is 345 g/mol. The molecule has 0 aliphatic carbocycles. The maximum Gasteiger partial charge on any atom is 0.295 e. The number of nitrogens with one attached hydrogen (secondary N) is 1. The predicted octanol–water partition coefficient (Wildman–Crippen LogP) is 3.39. The molecule has 0 radical (unpaired) electrons. The van der Waals surface area contributed by atoms with Crippen LogP contribution in [0.5, 0.6) is 0 Å². The molecule has 1 amide bonds. The van der Waals surface area contributed by atoms with E-state index in [0.29, 0.717) is 26.5 Å². The number of amides is 1. The average molecular weight is 354 g/mol. The van der Waals surface area contributed by atoms with Crippen LogP contribution < -0.4 is 5.32 Å². The minimum absolute atomic E-state index is 0.309. The van der Waals surface area contributed by atoms with Crippen LogP contribution in [0.3, 0.4) is 0 Å². The normalized spacial score (nSPS) is 13.5. The molecule has 0 spiro atoms. The van der Waals surface area contributed by atoms with Crippen LogP contribution in [0.4, 0.5) is 5.13 Å². The van der Waals surface area contributed by atoms with Gasteiger partial charge in [-0.05, 0) is 18.6 Å². The lowest BCUT2D eigenvalue weighted by Crippen LogP contribution is -2.17. The highest BCUT2D eigenvalue weighted by atomic mass is 35.5. The Morgan fingerprint density at radius 2 is 2.09 bits per heavy atom. The highest BCUT2D eigenvalue weighted by Gasteiger charge is 2.23. The number of nitrogens with zero attached hydrogens (tertiary/aromatic N) is 4. The van der Waals surface area contributed by atoms with Crippen molar-refractivity contribution in [1.29, 1.82) is 0 Å². The van der Waals surface area contributed by atoms with Gasteiger partial charge in [0.1, 0.15) is 11.3 Å². The van der Waals surface area contributed by atoms with Crippen LogP contribution in [0, 0.1) is 0 Å². The summed E-state index contributed by atoms with van der Waals surface area (Å²) >= 11 is 13.5. The second-order valence-electron chi connectivity index (χ2n) is 4.88. The summed E-state index contributed by atoms with van der Waals surface area (Å²) in [4.78, 5) is 16.7. The molecule has 0 saturated heterocycles. The van der Waals surface area contributed by atoms with Gasteiger partial charge in [-0.2, -0.15) is 0 Å². The predicted molar refractivity (Wildman–Crippen MR) is 85.9 cm³/mol. The van der Waals surface area contributed by atoms with Crippen LogP contribution in [0.15, 0.2) is 12.1 Å². The molecule has 3 aromatic rings. The van der Waals surface area contributed by atoms with E-state index in [1.54, 1.807) is 12.1 Å². The zero-order chi connectivity index (χ0) is 15.3. The number of fused-ring (bicyclic) bond motifs is 2. The molecular formula is C13H9Cl2N5OS. The van der Waals surface area contributed by atoms with E-state index < -0.39 is 0 Å². The van der Waals surface area contributed by atoms with Crippen LogP contribution >= 0.6 is 34.5 Å². The Kier molecular flexibility index (Phi) is 3.28. The largest absolute Gasteiger partial charge is 0.307 e. The Bertz CT molecular complexity index is 864. The van der Waals surface area contributed by atoms with Gasteiger partial charge in [-0.25, -0.2) is 4.98 Å². The monoisotopic (exact) mass is 353 g/mol. The van der Waals surface area contributed by atoms with E-state index in [9.17, 15) is 4.79 Å². The van der Waals surface area contributed by atoms with Crippen molar-refractivity contribution in [3.8, 4) is 0 Å². The Labute approximate surface area is 139 Å². The first kappa shape index (κ1) is 13.9. The second-order valence-corrected chi connectivity index (χ2v) is 6.69. The summed E-state index contributed by atoms with van der Waals surface area (Å²) in [7, 11) is 0. The number of aryl methyl sites for hydroxylation is 1. The number of aromatic nitrogens is 4. The maximum absolute atomic E-state index is 12.3. The summed E-state index contributed by atoms with van der Waals surface area (Å²) in [5.74, 6) is 0.830. The van der Waals surface area contributed by atoms with Crippen LogP contribution in [0.2, 0.25) is 10.0 Å². The van der Waals surface area contributed by atoms with E-state index in [1.165, 1.54) is 11.3 Å². The van der Waals surface area contributed by atoms with Crippen molar-refractivity contribution in [2.24, 2.45) is 0 Å². The fourth-order valence-electron chi connectivity index (χ4n) is 2.47. The zero-order valence-electron chi connectivity index (χ0n) is 11.1. The summed E-state index contributed by atoms with van der Waals surface area (Å²) in [5, 5.41) is 12.2. The molecule has 0 atom stereocenters. The van der Waals surface area contributed by atoms with Gasteiger partial charge in [0.25, 0.3) is 5.91 Å². The first-order chi connectivity index (χ1) is 10.6. The number of halogens is 2. The van der Waals surface area contributed by atoms with Crippen LogP contribution in [0.1, 0.15) is 22.9 Å². The molecule has 1 aliphatic rings. The molecule has 0 saturated carbocycles. The number of benzene rings is 1. The van der Waals surface area contributed by atoms with Gasteiger partial charge in [-0.3, -0.25) is 10.1 Å². The van der Waals surface area contributed by atoms with Crippen molar-refractivity contribution >= 4 is 55.8 Å². The molecule has 1 aliphatic heterocycles. The maximum atomic E-state index is 12.3. The first-order valence-electron chi connectivity index (χ1n) is 6.61. The summed E-state index contributed by atoms with van der Waals surface area (Å²) < 4.78 is 2.58. The lowest BCUT2D eigenvalue weighted by molar-refractivity contribution is 0.101. The Hall–Kier alpha value is -1.70. The van der Waals surface area contributed by atoms with Crippen molar-refractivity contribution in [3.63, 3.8) is 0 Å². The van der Waals surface area contributed by atoms with Crippen LogP contribution in [-0.4, -0.2) is 25.7 Å². The fourth-order valence-corrected chi connectivity index (χ4v) is 3.89. The minimum Gasteiger partial charge on any atom is -0.307 e. The van der Waals surface area contributed by atoms with Gasteiger partial charge < -0.3 is 4.57 Å². The van der Waals surface area contributed by atoms with Crippen LogP contribution in [-0.2, 0) is 13.0 Å². The van der Waals surface area contributed by atoms with Crippen molar-refractivity contribution in [2.45, 2.75) is 19.4 Å². The van der Waals surface area contributed by atoms with Gasteiger partial charge in [0, 0.05) is 13.0 Å². The summed E-state index contributed by atoms with van der Waals surface area (Å²) in [6.45, 7) is 0.766. The number of carbonyl (C=O) groups excluding carboxylic acids is 1. The van der Waals surface area contributed by atoms with E-state index >= 15 is 0 Å². The van der Waals surface area contributed by atoms with E-state index in [0.717, 1.165) is 29.9 Å². The van der Waals surface area contributed by atoms with E-state index in [2.05, 4.69) is 20.5 Å². The average Bonchev–Trinajstić information content (AvgIpc) is 3.16. The molecule has 1 aromatic carbocycles. The molecule has 22 heavy (non-hydrogen) atoms. The molecule has 4 rings (SSSR count). The molecule has 1 N–H and O–H groups in total. The first-order valence-corrected chi connectivity index (χ1v) is 8.18. The van der Waals surface area contributed by atoms with E-state index in [4.69, 9.17) is 23.2 Å². The lowest BCUT2D eigenvalue weighted by atomic mass is 10.3. The van der Waals surface area contributed by atoms with Gasteiger partial charge in [-0.1, -0.05) is 34.5 Å². The van der Waals surface area contributed by atoms with Gasteiger partial charge in [-0.15, -0.1) is 10.2 Å². The molecule has 112 valence electrons. The van der Waals surface area contributed by atoms with E-state index in [1.807, 2.05) is 4.57 Å². The standard InChI is InChI=1S/C13H9Cl2N5OS/c14-6-3-4-7(15)10-9(6)16-13(22-10)17-12(21)11-19-18-8-2-1-5-20(8)11/h3-4H,1-2,5H2,(H,16,17,21). The third kappa shape index (κ3) is 2.16. The SMILES string of the molecule is O=C(Nc1nc2c(Cl)ccc(Cl)c2s1)c1nnc2n1CCC2. The number of carbonyl (C=O) groups is 1. The van der Waals surface area contributed by atoms with Crippen molar-refractivity contribution < 1.29 is 4.79 Å². The van der Waals surface area contributed by atoms with Crippen LogP contribution in [0.25, 0.3) is 10.2 Å². The number of thiazole rings is 1. The summed E-state index contributed by atoms with van der Waals surface area (Å²) in [5.41, 5.74) is 0.584. The zero-order valence-corrected chi connectivity index (χ0v) is 13.5. The molecule has 3 heterocycles. The highest BCUT2D eigenvalue weighted by Crippen LogP contribution is 2.36. The third-order valence-corrected chi connectivity index (χ3v) is 5.22. The number of rotatable bonds is 2.